The molecule has 29 heavy (non-hydrogen) atoms. The number of hydrogen-bond donors (Lipinski definition) is 2. The summed E-state index contributed by atoms with van der Waals surface area (Å²) in [6, 6.07) is 11.3. The Morgan fingerprint density at radius 3 is 2.55 bits per heavy atom. The first kappa shape index (κ1) is 20.3. The largest absolute Gasteiger partial charge is 0.465 e. The third-order valence-electron chi connectivity index (χ3n) is 4.24. The fourth-order valence-corrected chi connectivity index (χ4v) is 2.92. The lowest BCUT2D eigenvalue weighted by atomic mass is 10.1. The predicted molar refractivity (Wildman–Crippen MR) is 95.2 cm³/mol. The zero-order valence-corrected chi connectivity index (χ0v) is 15.4. The van der Waals surface area contributed by atoms with Gasteiger partial charge in [0.25, 0.3) is 5.84 Å². The van der Waals surface area contributed by atoms with Crippen molar-refractivity contribution >= 4 is 17.8 Å². The molecule has 1 aromatic heterocycles. The number of amides is 2. The van der Waals surface area contributed by atoms with Crippen molar-refractivity contribution in [3.8, 4) is 0 Å². The van der Waals surface area contributed by atoms with Gasteiger partial charge in [-0.15, -0.1) is 0 Å². The zero-order chi connectivity index (χ0) is 21.1. The van der Waals surface area contributed by atoms with Crippen LogP contribution in [0.2, 0.25) is 0 Å². The molecule has 0 saturated carbocycles. The number of carbonyl (C=O) groups excluding carboxylic acids is 2. The van der Waals surface area contributed by atoms with Crippen LogP contribution in [-0.4, -0.2) is 46.2 Å². The second-order valence-electron chi connectivity index (χ2n) is 6.19. The van der Waals surface area contributed by atoms with Gasteiger partial charge in [-0.25, -0.2) is 14.6 Å². The number of carbonyl (C=O) groups is 2. The van der Waals surface area contributed by atoms with Crippen LogP contribution in [0.1, 0.15) is 18.1 Å². The molecule has 0 unspecified atom stereocenters. The number of nitrogens with zero attached hydrogens (tertiary/aromatic N) is 2. The molecule has 7 nitrogen and oxygen atoms in total. The molecule has 1 aliphatic heterocycles. The van der Waals surface area contributed by atoms with Gasteiger partial charge >= 0.3 is 23.8 Å². The van der Waals surface area contributed by atoms with Gasteiger partial charge in [0.1, 0.15) is 6.54 Å². The van der Waals surface area contributed by atoms with Crippen molar-refractivity contribution in [3.05, 3.63) is 66.0 Å². The number of amidine groups is 1. The molecule has 0 fully saturated rings. The number of hydrogen-bond acceptors (Lipinski definition) is 4. The van der Waals surface area contributed by atoms with Crippen LogP contribution in [0.25, 0.3) is 0 Å². The van der Waals surface area contributed by atoms with Crippen LogP contribution in [0, 0.1) is 0 Å². The maximum Gasteiger partial charge on any atom is 0.465 e. The Bertz CT molecular complexity index is 919. The Kier molecular flexibility index (Phi) is 5.53. The number of aromatic nitrogens is 1. The minimum atomic E-state index is -5.14. The maximum atomic E-state index is 14.1. The van der Waals surface area contributed by atoms with Crippen LogP contribution in [0.5, 0.6) is 0 Å². The number of ether oxygens (including phenoxy) is 1. The number of benzene rings is 1. The molecule has 0 spiro atoms. The van der Waals surface area contributed by atoms with Crippen LogP contribution in [0.3, 0.4) is 0 Å². The highest BCUT2D eigenvalue weighted by Gasteiger charge is 2.72. The van der Waals surface area contributed by atoms with Crippen molar-refractivity contribution in [1.29, 1.82) is 0 Å². The van der Waals surface area contributed by atoms with Crippen molar-refractivity contribution in [2.24, 2.45) is 0 Å². The first-order valence-corrected chi connectivity index (χ1v) is 8.71. The third kappa shape index (κ3) is 3.91. The molecule has 2 heterocycles. The van der Waals surface area contributed by atoms with Crippen molar-refractivity contribution in [2.45, 2.75) is 25.3 Å². The summed E-state index contributed by atoms with van der Waals surface area (Å²) in [5.41, 5.74) is -2.49. The summed E-state index contributed by atoms with van der Waals surface area (Å²) >= 11 is 0. The van der Waals surface area contributed by atoms with E-state index in [0.29, 0.717) is 11.1 Å². The standard InChI is InChI=1S/C19H17F3N4O3/c1-2-29-17(28)25-18(19(20,21)22)16(27)26(12-13-7-6-10-23-11-13)15(24-18)14-8-4-3-5-9-14/h3-11H,2,12H2,1H3,(H,25,28)/p+1/t18-/m1/s1. The van der Waals surface area contributed by atoms with Crippen molar-refractivity contribution in [3.63, 3.8) is 0 Å². The molecule has 1 atom stereocenters. The van der Waals surface area contributed by atoms with E-state index in [1.807, 2.05) is 0 Å². The minimum absolute atomic E-state index is 0.0893. The summed E-state index contributed by atoms with van der Waals surface area (Å²) in [7, 11) is 0. The van der Waals surface area contributed by atoms with Gasteiger partial charge in [-0.2, -0.15) is 18.1 Å². The van der Waals surface area contributed by atoms with Crippen LogP contribution in [0.4, 0.5) is 18.0 Å². The smallest absolute Gasteiger partial charge is 0.450 e. The molecular formula is C19H18F3N4O3+. The number of alkyl halides is 3. The van der Waals surface area contributed by atoms with E-state index in [4.69, 9.17) is 0 Å². The van der Waals surface area contributed by atoms with E-state index in [1.54, 1.807) is 47.8 Å². The third-order valence-corrected chi connectivity index (χ3v) is 4.24. The summed E-state index contributed by atoms with van der Waals surface area (Å²) in [5.74, 6) is -1.46. The van der Waals surface area contributed by atoms with Gasteiger partial charge in [0, 0.05) is 18.0 Å². The molecule has 10 heteroatoms. The Labute approximate surface area is 164 Å². The SMILES string of the molecule is CCOC(=O)N[C@]1(C(F)(F)F)[NH+]=C(c2ccccc2)N(Cc2cccnc2)C1=O. The topological polar surface area (TPSA) is 85.5 Å². The predicted octanol–water partition coefficient (Wildman–Crippen LogP) is 0.956. The lowest BCUT2D eigenvalue weighted by molar-refractivity contribution is -0.581. The summed E-state index contributed by atoms with van der Waals surface area (Å²) in [6.07, 6.45) is -3.54. The number of halogens is 3. The fourth-order valence-electron chi connectivity index (χ4n) is 2.92. The van der Waals surface area contributed by atoms with E-state index in [0.717, 1.165) is 4.90 Å². The normalized spacial score (nSPS) is 19.1. The van der Waals surface area contributed by atoms with E-state index in [1.165, 1.54) is 19.3 Å². The highest BCUT2D eigenvalue weighted by Crippen LogP contribution is 2.30. The van der Waals surface area contributed by atoms with Crippen molar-refractivity contribution in [2.75, 3.05) is 6.61 Å². The highest BCUT2D eigenvalue weighted by molar-refractivity contribution is 6.10. The van der Waals surface area contributed by atoms with Gasteiger partial charge in [-0.05, 0) is 25.1 Å². The molecule has 0 aliphatic carbocycles. The molecule has 2 aromatic rings. The number of alkyl carbamates (subject to hydrolysis) is 1. The van der Waals surface area contributed by atoms with E-state index < -0.39 is 23.8 Å². The quantitative estimate of drug-likeness (QED) is 0.773. The van der Waals surface area contributed by atoms with Gasteiger partial charge in [0.05, 0.1) is 12.2 Å². The van der Waals surface area contributed by atoms with E-state index >= 15 is 0 Å². The number of rotatable bonds is 5. The first-order valence-electron chi connectivity index (χ1n) is 8.71. The Balaban J connectivity index is 2.10. The van der Waals surface area contributed by atoms with E-state index in [2.05, 4.69) is 14.7 Å². The molecular weight excluding hydrogens is 389 g/mol. The van der Waals surface area contributed by atoms with E-state index in [-0.39, 0.29) is 19.0 Å². The average Bonchev–Trinajstić information content (AvgIpc) is 2.97. The molecule has 0 bridgehead atoms. The Morgan fingerprint density at radius 1 is 1.24 bits per heavy atom. The molecule has 3 rings (SSSR count). The van der Waals surface area contributed by atoms with E-state index in [9.17, 15) is 22.8 Å². The van der Waals surface area contributed by atoms with Crippen LogP contribution in [-0.2, 0) is 16.1 Å². The highest BCUT2D eigenvalue weighted by atomic mass is 19.4. The molecule has 0 saturated heterocycles. The van der Waals surface area contributed by atoms with Gasteiger partial charge < -0.3 is 4.74 Å². The molecule has 1 aliphatic rings. The number of pyridine rings is 1. The van der Waals surface area contributed by atoms with Gasteiger partial charge in [-0.3, -0.25) is 10.3 Å². The molecule has 152 valence electrons. The molecule has 2 amide bonds. The van der Waals surface area contributed by atoms with Crippen molar-refractivity contribution < 1.29 is 32.5 Å². The monoisotopic (exact) mass is 407 g/mol. The molecule has 0 radical (unpaired) electrons. The second kappa shape index (κ2) is 7.90. The lowest BCUT2D eigenvalue weighted by Crippen LogP contribution is -2.96. The first-order chi connectivity index (χ1) is 13.8. The van der Waals surface area contributed by atoms with Crippen LogP contribution >= 0.6 is 0 Å². The summed E-state index contributed by atoms with van der Waals surface area (Å²) < 4.78 is 46.8. The lowest BCUT2D eigenvalue weighted by Gasteiger charge is -2.24. The zero-order valence-electron chi connectivity index (χ0n) is 15.4. The summed E-state index contributed by atoms with van der Waals surface area (Å²) in [4.78, 5) is 31.9. The van der Waals surface area contributed by atoms with Gasteiger partial charge in [0.15, 0.2) is 0 Å². The van der Waals surface area contributed by atoms with Gasteiger partial charge in [-0.1, -0.05) is 24.3 Å². The second-order valence-corrected chi connectivity index (χ2v) is 6.19. The van der Waals surface area contributed by atoms with Crippen molar-refractivity contribution in [1.82, 2.24) is 15.2 Å². The Morgan fingerprint density at radius 2 is 1.97 bits per heavy atom. The minimum Gasteiger partial charge on any atom is -0.450 e. The molecule has 2 N–H and O–H groups in total. The van der Waals surface area contributed by atoms with Crippen LogP contribution in [0.15, 0.2) is 54.9 Å². The maximum absolute atomic E-state index is 14.1. The average molecular weight is 407 g/mol. The number of nitrogens with one attached hydrogen (secondary N) is 2. The molecule has 1 aromatic carbocycles. The summed E-state index contributed by atoms with van der Waals surface area (Å²) in [5, 5.41) is 1.67. The summed E-state index contributed by atoms with van der Waals surface area (Å²) in [6.45, 7) is 1.12. The fraction of sp³-hybridized carbons (Fsp3) is 0.263. The van der Waals surface area contributed by atoms with Crippen LogP contribution < -0.4 is 10.3 Å². The Hall–Kier alpha value is -3.43. The van der Waals surface area contributed by atoms with Gasteiger partial charge in [0.2, 0.25) is 0 Å².